The summed E-state index contributed by atoms with van der Waals surface area (Å²) in [4.78, 5) is 20.3. The second-order valence-corrected chi connectivity index (χ2v) is 4.36. The van der Waals surface area contributed by atoms with Crippen molar-refractivity contribution in [2.75, 3.05) is 5.32 Å². The lowest BCUT2D eigenvalue weighted by Crippen LogP contribution is -2.13. The van der Waals surface area contributed by atoms with Crippen LogP contribution in [0.5, 0.6) is 0 Å². The van der Waals surface area contributed by atoms with Crippen LogP contribution in [0.15, 0.2) is 55.1 Å². The van der Waals surface area contributed by atoms with Gasteiger partial charge in [0.15, 0.2) is 5.82 Å². The lowest BCUT2D eigenvalue weighted by molar-refractivity contribution is 0.102. The molecule has 3 rings (SSSR count). The highest BCUT2D eigenvalue weighted by molar-refractivity contribution is 6.04. The summed E-state index contributed by atoms with van der Waals surface area (Å²) in [6, 6.07) is 11.8. The number of carbonyl (C=O) groups excluding carboxylic acids is 1. The summed E-state index contributed by atoms with van der Waals surface area (Å²) in [7, 11) is 0. The van der Waals surface area contributed by atoms with Crippen LogP contribution in [0.3, 0.4) is 0 Å². The normalized spacial score (nSPS) is 9.95. The van der Waals surface area contributed by atoms with Gasteiger partial charge in [-0.05, 0) is 24.3 Å². The Hall–Kier alpha value is -3.53. The van der Waals surface area contributed by atoms with Gasteiger partial charge in [0, 0.05) is 24.0 Å². The zero-order chi connectivity index (χ0) is 15.4. The Bertz CT molecular complexity index is 850. The molecule has 0 spiro atoms. The van der Waals surface area contributed by atoms with Gasteiger partial charge in [-0.1, -0.05) is 6.07 Å². The van der Waals surface area contributed by atoms with Crippen molar-refractivity contribution in [1.29, 1.82) is 5.26 Å². The van der Waals surface area contributed by atoms with Crippen molar-refractivity contribution in [3.05, 3.63) is 66.2 Å². The molecule has 2 heterocycles. The highest BCUT2D eigenvalue weighted by Gasteiger charge is 2.09. The monoisotopic (exact) mass is 290 g/mol. The Morgan fingerprint density at radius 2 is 2.14 bits per heavy atom. The summed E-state index contributed by atoms with van der Waals surface area (Å²) in [5.74, 6) is 0.552. The number of amides is 1. The number of hydrogen-bond donors (Lipinski definition) is 1. The van der Waals surface area contributed by atoms with Crippen LogP contribution in [-0.2, 0) is 0 Å². The van der Waals surface area contributed by atoms with Crippen LogP contribution >= 0.6 is 0 Å². The van der Waals surface area contributed by atoms with E-state index in [1.165, 1.54) is 12.4 Å². The Morgan fingerprint density at radius 3 is 2.91 bits per heavy atom. The van der Waals surface area contributed by atoms with Crippen LogP contribution in [0.2, 0.25) is 0 Å². The van der Waals surface area contributed by atoms with Gasteiger partial charge in [0.05, 0.1) is 11.6 Å². The molecule has 0 saturated carbocycles. The molecule has 0 saturated heterocycles. The first kappa shape index (κ1) is 13.5. The predicted octanol–water partition coefficient (Wildman–Crippen LogP) is 1.79. The topological polar surface area (TPSA) is 96.5 Å². The fourth-order valence-corrected chi connectivity index (χ4v) is 1.86. The number of benzene rings is 1. The van der Waals surface area contributed by atoms with Crippen molar-refractivity contribution in [3.63, 3.8) is 0 Å². The molecule has 0 atom stereocenters. The van der Waals surface area contributed by atoms with Crippen molar-refractivity contribution < 1.29 is 4.79 Å². The molecule has 0 fully saturated rings. The average molecular weight is 290 g/mol. The van der Waals surface area contributed by atoms with Gasteiger partial charge < -0.3 is 5.32 Å². The molecule has 1 aromatic carbocycles. The van der Waals surface area contributed by atoms with Gasteiger partial charge in [-0.3, -0.25) is 4.79 Å². The zero-order valence-electron chi connectivity index (χ0n) is 11.3. The predicted molar refractivity (Wildman–Crippen MR) is 78.3 cm³/mol. The summed E-state index contributed by atoms with van der Waals surface area (Å²) in [6.45, 7) is 0. The summed E-state index contributed by atoms with van der Waals surface area (Å²) < 4.78 is 1.56. The van der Waals surface area contributed by atoms with Crippen molar-refractivity contribution in [3.8, 4) is 11.9 Å². The van der Waals surface area contributed by atoms with E-state index in [1.54, 1.807) is 47.4 Å². The first-order valence-electron chi connectivity index (χ1n) is 6.40. The standard InChI is InChI=1S/C15H10N6O/c16-9-11-3-1-4-12(7-11)15(22)20-13-8-14(18-10-17-13)21-6-2-5-19-21/h1-8,10H,(H,17,18,20,22). The third-order valence-corrected chi connectivity index (χ3v) is 2.89. The van der Waals surface area contributed by atoms with E-state index in [2.05, 4.69) is 20.4 Å². The minimum atomic E-state index is -0.345. The number of carbonyl (C=O) groups is 1. The molecule has 3 aromatic rings. The fraction of sp³-hybridized carbons (Fsp3) is 0. The van der Waals surface area contributed by atoms with Crippen molar-refractivity contribution in [2.24, 2.45) is 0 Å². The third kappa shape index (κ3) is 2.81. The van der Waals surface area contributed by atoms with E-state index in [-0.39, 0.29) is 5.91 Å². The maximum absolute atomic E-state index is 12.2. The van der Waals surface area contributed by atoms with E-state index >= 15 is 0 Å². The summed E-state index contributed by atoms with van der Waals surface area (Å²) in [5.41, 5.74) is 0.811. The number of nitrogens with one attached hydrogen (secondary N) is 1. The molecule has 22 heavy (non-hydrogen) atoms. The van der Waals surface area contributed by atoms with Gasteiger partial charge in [0.1, 0.15) is 12.1 Å². The maximum atomic E-state index is 12.2. The molecule has 0 aliphatic rings. The second kappa shape index (κ2) is 5.85. The van der Waals surface area contributed by atoms with Gasteiger partial charge in [-0.15, -0.1) is 0 Å². The first-order chi connectivity index (χ1) is 10.8. The maximum Gasteiger partial charge on any atom is 0.256 e. The molecule has 0 aliphatic carbocycles. The highest BCUT2D eigenvalue weighted by atomic mass is 16.1. The second-order valence-electron chi connectivity index (χ2n) is 4.36. The molecule has 106 valence electrons. The third-order valence-electron chi connectivity index (χ3n) is 2.89. The first-order valence-corrected chi connectivity index (χ1v) is 6.40. The van der Waals surface area contributed by atoms with Crippen molar-refractivity contribution in [2.45, 2.75) is 0 Å². The van der Waals surface area contributed by atoms with E-state index in [9.17, 15) is 4.79 Å². The van der Waals surface area contributed by atoms with E-state index in [0.29, 0.717) is 22.8 Å². The SMILES string of the molecule is N#Cc1cccc(C(=O)Nc2cc(-n3cccn3)ncn2)c1. The van der Waals surface area contributed by atoms with Gasteiger partial charge in [-0.2, -0.15) is 10.4 Å². The van der Waals surface area contributed by atoms with E-state index < -0.39 is 0 Å². The van der Waals surface area contributed by atoms with E-state index in [1.807, 2.05) is 6.07 Å². The van der Waals surface area contributed by atoms with Gasteiger partial charge >= 0.3 is 0 Å². The molecule has 0 unspecified atom stereocenters. The van der Waals surface area contributed by atoms with Crippen LogP contribution in [0, 0.1) is 11.3 Å². The van der Waals surface area contributed by atoms with Crippen LogP contribution in [0.1, 0.15) is 15.9 Å². The number of nitrogens with zero attached hydrogens (tertiary/aromatic N) is 5. The average Bonchev–Trinajstić information content (AvgIpc) is 3.10. The van der Waals surface area contributed by atoms with Crippen molar-refractivity contribution in [1.82, 2.24) is 19.7 Å². The van der Waals surface area contributed by atoms with Crippen LogP contribution in [0.25, 0.3) is 5.82 Å². The molecular weight excluding hydrogens is 280 g/mol. The molecule has 0 radical (unpaired) electrons. The van der Waals surface area contributed by atoms with Gasteiger partial charge in [0.2, 0.25) is 0 Å². The molecular formula is C15H10N6O. The Balaban J connectivity index is 1.82. The summed E-state index contributed by atoms with van der Waals surface area (Å²) in [6.07, 6.45) is 4.72. The van der Waals surface area contributed by atoms with Crippen LogP contribution in [0.4, 0.5) is 5.82 Å². The Morgan fingerprint density at radius 1 is 1.23 bits per heavy atom. The lowest BCUT2D eigenvalue weighted by atomic mass is 10.1. The zero-order valence-corrected chi connectivity index (χ0v) is 11.3. The minimum Gasteiger partial charge on any atom is -0.306 e. The van der Waals surface area contributed by atoms with Crippen molar-refractivity contribution >= 4 is 11.7 Å². The number of nitriles is 1. The molecule has 0 aliphatic heterocycles. The van der Waals surface area contributed by atoms with Crippen LogP contribution in [-0.4, -0.2) is 25.7 Å². The molecule has 1 N–H and O–H groups in total. The number of hydrogen-bond acceptors (Lipinski definition) is 5. The van der Waals surface area contributed by atoms with Gasteiger partial charge in [-0.25, -0.2) is 14.6 Å². The number of rotatable bonds is 3. The summed E-state index contributed by atoms with van der Waals surface area (Å²) >= 11 is 0. The minimum absolute atomic E-state index is 0.345. The quantitative estimate of drug-likeness (QED) is 0.793. The smallest absolute Gasteiger partial charge is 0.256 e. The summed E-state index contributed by atoms with van der Waals surface area (Å²) in [5, 5.41) is 15.6. The number of anilines is 1. The molecule has 0 bridgehead atoms. The molecule has 2 aromatic heterocycles. The van der Waals surface area contributed by atoms with Crippen LogP contribution < -0.4 is 5.32 Å². The lowest BCUT2D eigenvalue weighted by Gasteiger charge is -2.06. The molecule has 7 nitrogen and oxygen atoms in total. The largest absolute Gasteiger partial charge is 0.306 e. The van der Waals surface area contributed by atoms with E-state index in [4.69, 9.17) is 5.26 Å². The Labute approximate surface area is 125 Å². The molecule has 7 heteroatoms. The highest BCUT2D eigenvalue weighted by Crippen LogP contribution is 2.11. The molecule has 1 amide bonds. The Kier molecular flexibility index (Phi) is 3.58. The number of aromatic nitrogens is 4. The van der Waals surface area contributed by atoms with Gasteiger partial charge in [0.25, 0.3) is 5.91 Å². The fourth-order valence-electron chi connectivity index (χ4n) is 1.86. The van der Waals surface area contributed by atoms with E-state index in [0.717, 1.165) is 0 Å².